The predicted octanol–water partition coefficient (Wildman–Crippen LogP) is 2.07. The van der Waals surface area contributed by atoms with Crippen molar-refractivity contribution in [1.82, 2.24) is 0 Å². The van der Waals surface area contributed by atoms with Gasteiger partial charge in [0.05, 0.1) is 17.4 Å². The second-order valence-electron chi connectivity index (χ2n) is 4.17. The second-order valence-corrected chi connectivity index (χ2v) is 6.57. The molecule has 1 atom stereocenters. The molecular formula is C12H14F2N2O2S. The average Bonchev–Trinajstić information content (AvgIpc) is 2.33. The van der Waals surface area contributed by atoms with Crippen LogP contribution in [0.1, 0.15) is 19.4 Å². The number of hydrogen-bond acceptors (Lipinski definition) is 4. The highest BCUT2D eigenvalue weighted by molar-refractivity contribution is 7.91. The van der Waals surface area contributed by atoms with Crippen LogP contribution in [0.25, 0.3) is 0 Å². The number of rotatable bonds is 5. The standard InChI is InChI=1S/C12H14F2N2O2S/c1-3-19(17,18)7-8(2)16-12-10(13)4-9(6-15)5-11(12)14/h4-5,8,16H,3,7H2,1-2H3. The Morgan fingerprint density at radius 2 is 1.89 bits per heavy atom. The highest BCUT2D eigenvalue weighted by Gasteiger charge is 2.17. The van der Waals surface area contributed by atoms with Crippen molar-refractivity contribution in [3.63, 3.8) is 0 Å². The van der Waals surface area contributed by atoms with Gasteiger partial charge in [-0.25, -0.2) is 17.2 Å². The summed E-state index contributed by atoms with van der Waals surface area (Å²) in [6.45, 7) is 3.02. The van der Waals surface area contributed by atoms with Gasteiger partial charge in [-0.1, -0.05) is 6.92 Å². The minimum Gasteiger partial charge on any atom is -0.377 e. The number of nitriles is 1. The molecule has 0 radical (unpaired) electrons. The molecule has 0 amide bonds. The molecule has 0 spiro atoms. The first kappa shape index (κ1) is 15.4. The van der Waals surface area contributed by atoms with Gasteiger partial charge in [-0.15, -0.1) is 0 Å². The molecule has 1 aromatic carbocycles. The third-order valence-corrected chi connectivity index (χ3v) is 4.39. The molecule has 0 saturated carbocycles. The third kappa shape index (κ3) is 4.17. The maximum atomic E-state index is 13.6. The zero-order chi connectivity index (χ0) is 14.6. The number of sulfone groups is 1. The lowest BCUT2D eigenvalue weighted by Crippen LogP contribution is -2.27. The highest BCUT2D eigenvalue weighted by Crippen LogP contribution is 2.21. The number of nitrogens with one attached hydrogen (secondary N) is 1. The Kier molecular flexibility index (Phi) is 4.84. The molecule has 1 unspecified atom stereocenters. The van der Waals surface area contributed by atoms with Crippen molar-refractivity contribution < 1.29 is 17.2 Å². The van der Waals surface area contributed by atoms with Crippen LogP contribution in [0.2, 0.25) is 0 Å². The maximum absolute atomic E-state index is 13.6. The van der Waals surface area contributed by atoms with Crippen molar-refractivity contribution >= 4 is 15.5 Å². The molecule has 1 aromatic rings. The van der Waals surface area contributed by atoms with Gasteiger partial charge < -0.3 is 5.32 Å². The Balaban J connectivity index is 2.92. The largest absolute Gasteiger partial charge is 0.377 e. The Morgan fingerprint density at radius 1 is 1.37 bits per heavy atom. The van der Waals surface area contributed by atoms with Gasteiger partial charge in [0.15, 0.2) is 21.5 Å². The van der Waals surface area contributed by atoms with Crippen LogP contribution < -0.4 is 5.32 Å². The molecule has 0 heterocycles. The SMILES string of the molecule is CCS(=O)(=O)CC(C)Nc1c(F)cc(C#N)cc1F. The van der Waals surface area contributed by atoms with E-state index < -0.39 is 33.2 Å². The van der Waals surface area contributed by atoms with Gasteiger partial charge in [0.25, 0.3) is 0 Å². The second kappa shape index (κ2) is 5.97. The van der Waals surface area contributed by atoms with Gasteiger partial charge in [0, 0.05) is 11.8 Å². The van der Waals surface area contributed by atoms with Crippen molar-refractivity contribution in [2.75, 3.05) is 16.8 Å². The van der Waals surface area contributed by atoms with Crippen LogP contribution in [-0.2, 0) is 9.84 Å². The van der Waals surface area contributed by atoms with E-state index in [9.17, 15) is 17.2 Å². The van der Waals surface area contributed by atoms with Gasteiger partial charge in [0.1, 0.15) is 5.69 Å². The Labute approximate surface area is 111 Å². The van der Waals surface area contributed by atoms with E-state index in [0.717, 1.165) is 12.1 Å². The van der Waals surface area contributed by atoms with E-state index in [2.05, 4.69) is 5.32 Å². The van der Waals surface area contributed by atoms with E-state index in [1.807, 2.05) is 0 Å². The Bertz CT molecular complexity index is 586. The van der Waals surface area contributed by atoms with Crippen molar-refractivity contribution in [3.8, 4) is 6.07 Å². The summed E-state index contributed by atoms with van der Waals surface area (Å²) in [6, 6.07) is 2.79. The molecule has 0 aliphatic carbocycles. The van der Waals surface area contributed by atoms with E-state index in [4.69, 9.17) is 5.26 Å². The number of anilines is 1. The monoisotopic (exact) mass is 288 g/mol. The number of hydrogen-bond donors (Lipinski definition) is 1. The summed E-state index contributed by atoms with van der Waals surface area (Å²) in [5.41, 5.74) is -0.549. The Hall–Kier alpha value is -1.68. The van der Waals surface area contributed by atoms with Crippen molar-refractivity contribution in [3.05, 3.63) is 29.3 Å². The topological polar surface area (TPSA) is 70.0 Å². The molecule has 19 heavy (non-hydrogen) atoms. The van der Waals surface area contributed by atoms with Crippen LogP contribution in [0.4, 0.5) is 14.5 Å². The molecule has 0 fully saturated rings. The molecule has 0 aromatic heterocycles. The maximum Gasteiger partial charge on any atom is 0.152 e. The molecule has 1 rings (SSSR count). The van der Waals surface area contributed by atoms with Gasteiger partial charge in [0.2, 0.25) is 0 Å². The molecule has 104 valence electrons. The summed E-state index contributed by atoms with van der Waals surface area (Å²) < 4.78 is 49.9. The van der Waals surface area contributed by atoms with Crippen LogP contribution in [0.15, 0.2) is 12.1 Å². The van der Waals surface area contributed by atoms with Crippen molar-refractivity contribution in [1.29, 1.82) is 5.26 Å². The van der Waals surface area contributed by atoms with Crippen LogP contribution in [0, 0.1) is 23.0 Å². The van der Waals surface area contributed by atoms with Crippen molar-refractivity contribution in [2.45, 2.75) is 19.9 Å². The molecule has 7 heteroatoms. The summed E-state index contributed by atoms with van der Waals surface area (Å²) in [6.07, 6.45) is 0. The summed E-state index contributed by atoms with van der Waals surface area (Å²) in [5, 5.41) is 11.0. The van der Waals surface area contributed by atoms with Crippen LogP contribution >= 0.6 is 0 Å². The summed E-state index contributed by atoms with van der Waals surface area (Å²) >= 11 is 0. The molecule has 0 bridgehead atoms. The highest BCUT2D eigenvalue weighted by atomic mass is 32.2. The van der Waals surface area contributed by atoms with E-state index in [1.54, 1.807) is 6.07 Å². The van der Waals surface area contributed by atoms with Gasteiger partial charge in [-0.05, 0) is 19.1 Å². The lowest BCUT2D eigenvalue weighted by Gasteiger charge is -2.16. The molecule has 0 aliphatic heterocycles. The first-order chi connectivity index (χ1) is 8.79. The quantitative estimate of drug-likeness (QED) is 0.900. The van der Waals surface area contributed by atoms with E-state index in [0.29, 0.717) is 0 Å². The number of halogens is 2. The molecule has 4 nitrogen and oxygen atoms in total. The number of nitrogens with zero attached hydrogens (tertiary/aromatic N) is 1. The molecular weight excluding hydrogens is 274 g/mol. The first-order valence-corrected chi connectivity index (χ1v) is 7.47. The zero-order valence-corrected chi connectivity index (χ0v) is 11.4. The fourth-order valence-corrected chi connectivity index (χ4v) is 2.64. The van der Waals surface area contributed by atoms with E-state index in [1.165, 1.54) is 13.8 Å². The van der Waals surface area contributed by atoms with Gasteiger partial charge >= 0.3 is 0 Å². The smallest absolute Gasteiger partial charge is 0.152 e. The lowest BCUT2D eigenvalue weighted by atomic mass is 10.2. The Morgan fingerprint density at radius 3 is 2.32 bits per heavy atom. The minimum absolute atomic E-state index is 0.0304. The summed E-state index contributed by atoms with van der Waals surface area (Å²) in [7, 11) is -3.24. The third-order valence-electron chi connectivity index (χ3n) is 2.51. The van der Waals surface area contributed by atoms with Crippen LogP contribution in [0.3, 0.4) is 0 Å². The van der Waals surface area contributed by atoms with Gasteiger partial charge in [-0.3, -0.25) is 0 Å². The predicted molar refractivity (Wildman–Crippen MR) is 68.5 cm³/mol. The summed E-state index contributed by atoms with van der Waals surface area (Å²) in [5.74, 6) is -2.09. The molecule has 1 N–H and O–H groups in total. The van der Waals surface area contributed by atoms with E-state index >= 15 is 0 Å². The van der Waals surface area contributed by atoms with Crippen LogP contribution in [-0.4, -0.2) is 26.0 Å². The van der Waals surface area contributed by atoms with Crippen molar-refractivity contribution in [2.24, 2.45) is 0 Å². The average molecular weight is 288 g/mol. The normalized spacial score (nSPS) is 12.8. The minimum atomic E-state index is -3.24. The first-order valence-electron chi connectivity index (χ1n) is 5.65. The van der Waals surface area contributed by atoms with Gasteiger partial charge in [-0.2, -0.15) is 5.26 Å². The molecule has 0 saturated heterocycles. The number of benzene rings is 1. The fraction of sp³-hybridized carbons (Fsp3) is 0.417. The van der Waals surface area contributed by atoms with E-state index in [-0.39, 0.29) is 17.1 Å². The van der Waals surface area contributed by atoms with Crippen LogP contribution in [0.5, 0.6) is 0 Å². The molecule has 0 aliphatic rings. The fourth-order valence-electron chi connectivity index (χ4n) is 1.56. The zero-order valence-electron chi connectivity index (χ0n) is 10.6. The lowest BCUT2D eigenvalue weighted by molar-refractivity contribution is 0.579. The summed E-state index contributed by atoms with van der Waals surface area (Å²) in [4.78, 5) is 0.